The summed E-state index contributed by atoms with van der Waals surface area (Å²) in [6.07, 6.45) is 14.2. The molecule has 0 radical (unpaired) electrons. The number of rotatable bonds is 14. The Morgan fingerprint density at radius 3 is 1.86 bits per heavy atom. The molecule has 6 heterocycles. The van der Waals surface area contributed by atoms with E-state index in [1.165, 1.54) is 12.8 Å². The number of benzene rings is 2. The zero-order valence-electron chi connectivity index (χ0n) is 43.2. The highest BCUT2D eigenvalue weighted by atomic mass is 127. The monoisotopic (exact) mass is 1120 g/mol. The summed E-state index contributed by atoms with van der Waals surface area (Å²) < 4.78 is 38.9. The molecule has 1 unspecified atom stereocenters. The van der Waals surface area contributed by atoms with Crippen LogP contribution in [0.2, 0.25) is 0 Å². The fourth-order valence-corrected chi connectivity index (χ4v) is 7.61. The van der Waals surface area contributed by atoms with Gasteiger partial charge in [0.15, 0.2) is 15.8 Å². The van der Waals surface area contributed by atoms with Crippen molar-refractivity contribution in [3.8, 4) is 35.0 Å². The number of ether oxygens (including phenoxy) is 2. The van der Waals surface area contributed by atoms with Gasteiger partial charge in [-0.2, -0.15) is 0 Å². The van der Waals surface area contributed by atoms with Crippen molar-refractivity contribution in [2.45, 2.75) is 150 Å². The van der Waals surface area contributed by atoms with Gasteiger partial charge in [0.05, 0.1) is 24.3 Å². The second-order valence-corrected chi connectivity index (χ2v) is 18.8. The predicted molar refractivity (Wildman–Crippen MR) is 292 cm³/mol. The number of hydrogen-bond donors (Lipinski definition) is 4. The SMILES string of the molecule is C.CCCCC#Cc1ccc(B2OC(C)(C)C(C)(C)O2)cc1.CO.CO.C[C@H](O)c1nccn1Cc1cc(-c2ccc(C#CCCCO)cc2)on1.C[C@H](OC1CCCCO1)c1nccn1Cc1cc(I)on1. The van der Waals surface area contributed by atoms with Crippen molar-refractivity contribution >= 4 is 35.2 Å². The van der Waals surface area contributed by atoms with Gasteiger partial charge >= 0.3 is 7.12 Å². The highest BCUT2D eigenvalue weighted by molar-refractivity contribution is 14.1. The van der Waals surface area contributed by atoms with Crippen molar-refractivity contribution in [2.24, 2.45) is 0 Å². The predicted octanol–water partition coefficient (Wildman–Crippen LogP) is 9.27. The number of nitrogens with zero attached hydrogens (tertiary/aromatic N) is 6. The third-order valence-electron chi connectivity index (χ3n) is 11.7. The molecule has 6 aromatic rings. The number of halogens is 1. The highest BCUT2D eigenvalue weighted by Gasteiger charge is 2.51. The Labute approximate surface area is 446 Å². The third-order valence-corrected chi connectivity index (χ3v) is 12.2. The molecule has 0 amide bonds. The molecule has 396 valence electrons. The number of aromatic nitrogens is 6. The lowest BCUT2D eigenvalue weighted by Crippen LogP contribution is -2.41. The van der Waals surface area contributed by atoms with Crippen LogP contribution in [-0.2, 0) is 31.9 Å². The average molecular weight is 1120 g/mol. The van der Waals surface area contributed by atoms with E-state index in [2.05, 4.69) is 101 Å². The standard InChI is InChI=1S/C20H21N3O3.C18H25BO2.C14H18IN3O3.2CH4O.CH4/c1-15(25)20-21-10-11-23(20)14-18-13-19(26-22-18)17-8-6-16(7-9-17)5-3-2-4-12-24;1-6-7-8-9-10-15-11-13-16(14-12-15)19-20-17(2,3)18(4,5)21-19;1-10(20-13-4-2-3-7-19-13)14-16-5-6-18(14)9-11-8-12(15)21-17-11;2*1-2;/h6-11,13,15,24-25H,2,4,12,14H2,1H3;11-14H,6-8H2,1-5H3;5-6,8,10,13H,2-4,7,9H2,1H3;2*2H,1H3;1H4/t15-;;10-,13?;;;/m0.0.../s1. The molecule has 18 heteroatoms. The van der Waals surface area contributed by atoms with E-state index in [1.807, 2.05) is 82.9 Å². The van der Waals surface area contributed by atoms with Crippen LogP contribution in [0.15, 0.2) is 94.5 Å². The lowest BCUT2D eigenvalue weighted by molar-refractivity contribution is -0.188. The van der Waals surface area contributed by atoms with Crippen molar-refractivity contribution in [1.82, 2.24) is 29.4 Å². The van der Waals surface area contributed by atoms with Crippen LogP contribution in [0.3, 0.4) is 0 Å². The van der Waals surface area contributed by atoms with Crippen molar-refractivity contribution in [3.05, 3.63) is 123 Å². The molecule has 2 aromatic carbocycles. The lowest BCUT2D eigenvalue weighted by atomic mass is 9.79. The second kappa shape index (κ2) is 32.2. The van der Waals surface area contributed by atoms with Gasteiger partial charge < -0.3 is 57.4 Å². The van der Waals surface area contributed by atoms with Gasteiger partial charge in [0.2, 0.25) is 0 Å². The van der Waals surface area contributed by atoms with Gasteiger partial charge in [-0.05, 0) is 116 Å². The summed E-state index contributed by atoms with van der Waals surface area (Å²) in [6, 6.07) is 19.7. The second-order valence-electron chi connectivity index (χ2n) is 17.7. The van der Waals surface area contributed by atoms with E-state index in [0.29, 0.717) is 37.5 Å². The molecule has 16 nitrogen and oxygen atoms in total. The topological polar surface area (TPSA) is 206 Å². The van der Waals surface area contributed by atoms with E-state index in [0.717, 1.165) is 89.6 Å². The number of aliphatic hydroxyl groups excluding tert-OH is 4. The maximum Gasteiger partial charge on any atom is 0.494 e. The van der Waals surface area contributed by atoms with E-state index in [4.69, 9.17) is 43.1 Å². The summed E-state index contributed by atoms with van der Waals surface area (Å²) in [6.45, 7) is 16.2. The Kier molecular flexibility index (Phi) is 27.5. The Hall–Kier alpha value is -5.13. The molecule has 0 bridgehead atoms. The van der Waals surface area contributed by atoms with E-state index >= 15 is 0 Å². The normalized spacial score (nSPS) is 15.8. The molecule has 2 saturated heterocycles. The Morgan fingerprint density at radius 1 is 0.781 bits per heavy atom. The first-order valence-electron chi connectivity index (χ1n) is 24.3. The molecule has 2 aliphatic rings. The van der Waals surface area contributed by atoms with Gasteiger partial charge in [-0.25, -0.2) is 9.97 Å². The Balaban J connectivity index is 0.000000279. The molecule has 3 atom stereocenters. The molecule has 73 heavy (non-hydrogen) atoms. The molecule has 8 rings (SSSR count). The van der Waals surface area contributed by atoms with Gasteiger partial charge in [-0.3, -0.25) is 0 Å². The molecule has 4 N–H and O–H groups in total. The summed E-state index contributed by atoms with van der Waals surface area (Å²) >= 11 is 2.11. The average Bonchev–Trinajstić information content (AvgIpc) is 4.25. The molecule has 4 aromatic heterocycles. The van der Waals surface area contributed by atoms with Crippen LogP contribution in [0.4, 0.5) is 0 Å². The summed E-state index contributed by atoms with van der Waals surface area (Å²) in [4.78, 5) is 8.56. The number of hydrogen-bond acceptors (Lipinski definition) is 14. The largest absolute Gasteiger partial charge is 0.494 e. The van der Waals surface area contributed by atoms with E-state index in [9.17, 15) is 5.11 Å². The minimum absolute atomic E-state index is 0. The molecular formula is C55H76BIN6O10. The molecular weight excluding hydrogens is 1040 g/mol. The minimum atomic E-state index is -0.637. The first-order valence-corrected chi connectivity index (χ1v) is 25.4. The summed E-state index contributed by atoms with van der Waals surface area (Å²) in [5, 5.41) is 40.6. The lowest BCUT2D eigenvalue weighted by Gasteiger charge is -2.32. The van der Waals surface area contributed by atoms with Crippen molar-refractivity contribution in [2.75, 3.05) is 27.4 Å². The van der Waals surface area contributed by atoms with Crippen LogP contribution in [0.1, 0.15) is 154 Å². The van der Waals surface area contributed by atoms with Crippen LogP contribution >= 0.6 is 22.6 Å². The van der Waals surface area contributed by atoms with E-state index in [1.54, 1.807) is 25.5 Å². The maximum atomic E-state index is 9.72. The summed E-state index contributed by atoms with van der Waals surface area (Å²) in [7, 11) is 1.71. The first kappa shape index (κ1) is 62.2. The smallest absolute Gasteiger partial charge is 0.400 e. The van der Waals surface area contributed by atoms with Gasteiger partial charge in [0.25, 0.3) is 0 Å². The fourth-order valence-electron chi connectivity index (χ4n) is 7.16. The molecule has 2 aliphatic heterocycles. The fraction of sp³-hybridized carbons (Fsp3) is 0.491. The summed E-state index contributed by atoms with van der Waals surface area (Å²) in [5.74, 6) is 14.7. The van der Waals surface area contributed by atoms with Gasteiger partial charge in [0.1, 0.15) is 35.2 Å². The zero-order chi connectivity index (χ0) is 52.5. The van der Waals surface area contributed by atoms with Gasteiger partial charge in [-0.15, -0.1) is 0 Å². The van der Waals surface area contributed by atoms with Gasteiger partial charge in [0, 0.05) is 116 Å². The van der Waals surface area contributed by atoms with Crippen LogP contribution in [0.25, 0.3) is 11.3 Å². The molecule has 0 spiro atoms. The molecule has 0 aliphatic carbocycles. The van der Waals surface area contributed by atoms with E-state index < -0.39 is 6.10 Å². The molecule has 2 fully saturated rings. The number of aliphatic hydroxyl groups is 4. The van der Waals surface area contributed by atoms with Crippen molar-refractivity contribution in [3.63, 3.8) is 0 Å². The third kappa shape index (κ3) is 19.6. The molecule has 0 saturated carbocycles. The van der Waals surface area contributed by atoms with Crippen LogP contribution in [0, 0.1) is 27.4 Å². The Morgan fingerprint density at radius 2 is 1.33 bits per heavy atom. The first-order chi connectivity index (χ1) is 34.7. The van der Waals surface area contributed by atoms with Gasteiger partial charge in [-0.1, -0.05) is 66.9 Å². The van der Waals surface area contributed by atoms with Crippen LogP contribution in [-0.4, -0.2) is 102 Å². The highest BCUT2D eigenvalue weighted by Crippen LogP contribution is 2.36. The zero-order valence-corrected chi connectivity index (χ0v) is 45.3. The van der Waals surface area contributed by atoms with E-state index in [-0.39, 0.29) is 44.7 Å². The maximum absolute atomic E-state index is 9.72. The van der Waals surface area contributed by atoms with Crippen LogP contribution < -0.4 is 5.46 Å². The quantitative estimate of drug-likeness (QED) is 0.0347. The number of unbranched alkanes of at least 4 members (excludes halogenated alkanes) is 3. The minimum Gasteiger partial charge on any atom is -0.400 e. The summed E-state index contributed by atoms with van der Waals surface area (Å²) in [5.41, 5.74) is 4.98. The van der Waals surface area contributed by atoms with Crippen LogP contribution in [0.5, 0.6) is 0 Å². The number of imidazole rings is 2. The van der Waals surface area contributed by atoms with Crippen molar-refractivity contribution in [1.29, 1.82) is 0 Å². The Bertz CT molecular complexity index is 2560. The van der Waals surface area contributed by atoms with Crippen molar-refractivity contribution < 1.29 is 48.3 Å².